The topological polar surface area (TPSA) is 122 Å². The molecule has 3 rings (SSSR count). The second-order valence-corrected chi connectivity index (χ2v) is 9.02. The van der Waals surface area contributed by atoms with Gasteiger partial charge >= 0.3 is 6.03 Å². The maximum atomic E-state index is 13.0. The van der Waals surface area contributed by atoms with Gasteiger partial charge in [-0.25, -0.2) is 4.79 Å². The summed E-state index contributed by atoms with van der Waals surface area (Å²) in [5, 5.41) is 20.9. The highest BCUT2D eigenvalue weighted by Gasteiger charge is 2.28. The highest BCUT2D eigenvalue weighted by Crippen LogP contribution is 2.19. The maximum Gasteiger partial charge on any atom is 0.321 e. The van der Waals surface area contributed by atoms with E-state index >= 15 is 0 Å². The molecule has 3 atom stereocenters. The molecule has 11 heteroatoms. The lowest BCUT2D eigenvalue weighted by atomic mass is 10.0. The van der Waals surface area contributed by atoms with Crippen LogP contribution in [0.3, 0.4) is 0 Å². The van der Waals surface area contributed by atoms with Gasteiger partial charge in [0.1, 0.15) is 11.4 Å². The Balaban J connectivity index is 1.73. The highest BCUT2D eigenvalue weighted by molar-refractivity contribution is 5.89. The van der Waals surface area contributed by atoms with Gasteiger partial charge in [0.25, 0.3) is 0 Å². The Morgan fingerprint density at radius 2 is 2.11 bits per heavy atom. The number of amides is 3. The number of methoxy groups -OCH3 is 1. The molecule has 0 unspecified atom stereocenters. The van der Waals surface area contributed by atoms with Gasteiger partial charge in [-0.2, -0.15) is 0 Å². The van der Waals surface area contributed by atoms with E-state index in [2.05, 4.69) is 15.6 Å². The van der Waals surface area contributed by atoms with Crippen LogP contribution in [0.25, 0.3) is 0 Å². The molecule has 2 heterocycles. The minimum Gasteiger partial charge on any atom is -0.497 e. The minimum atomic E-state index is -0.381. The zero-order valence-electron chi connectivity index (χ0n) is 20.9. The van der Waals surface area contributed by atoms with Gasteiger partial charge in [-0.3, -0.25) is 9.48 Å². The third-order valence-corrected chi connectivity index (χ3v) is 6.19. The number of aliphatic hydroxyl groups excluding tert-OH is 1. The van der Waals surface area contributed by atoms with E-state index in [-0.39, 0.29) is 43.2 Å². The van der Waals surface area contributed by atoms with Gasteiger partial charge in [-0.1, -0.05) is 12.1 Å². The van der Waals surface area contributed by atoms with Crippen molar-refractivity contribution in [3.05, 3.63) is 36.2 Å². The van der Waals surface area contributed by atoms with Crippen molar-refractivity contribution in [2.24, 2.45) is 5.92 Å². The van der Waals surface area contributed by atoms with Gasteiger partial charge in [0.05, 0.1) is 38.7 Å². The molecule has 2 aromatic rings. The van der Waals surface area contributed by atoms with E-state index in [0.717, 1.165) is 0 Å². The second-order valence-electron chi connectivity index (χ2n) is 9.02. The van der Waals surface area contributed by atoms with E-state index < -0.39 is 0 Å². The number of aryl methyl sites for hydroxylation is 1. The molecule has 192 valence electrons. The average molecular weight is 489 g/mol. The molecule has 1 aromatic carbocycles. The summed E-state index contributed by atoms with van der Waals surface area (Å²) in [6, 6.07) is 6.49. The summed E-state index contributed by atoms with van der Waals surface area (Å²) in [6.45, 7) is 5.22. The average Bonchev–Trinajstić information content (AvgIpc) is 3.31. The number of nitrogens with one attached hydrogen (secondary N) is 1. The molecule has 0 radical (unpaired) electrons. The molecule has 1 aliphatic rings. The molecule has 3 amide bonds. The number of benzene rings is 1. The molecule has 1 aliphatic heterocycles. The first-order valence-corrected chi connectivity index (χ1v) is 11.9. The molecule has 11 nitrogen and oxygen atoms in total. The van der Waals surface area contributed by atoms with Gasteiger partial charge in [-0.15, -0.1) is 5.10 Å². The number of rotatable bonds is 6. The molecule has 35 heavy (non-hydrogen) atoms. The summed E-state index contributed by atoms with van der Waals surface area (Å²) in [7, 11) is 3.29. The van der Waals surface area contributed by atoms with Crippen LogP contribution in [0.4, 0.5) is 10.5 Å². The van der Waals surface area contributed by atoms with E-state index in [1.54, 1.807) is 52.9 Å². The van der Waals surface area contributed by atoms with Crippen LogP contribution in [0.2, 0.25) is 0 Å². The number of aromatic nitrogens is 3. The molecule has 0 aliphatic carbocycles. The SMILES string of the molecule is COc1ccc(NC(=O)N(C)C[C@@H]2OCc3cn(nn3)CCCC(=O)N([C@H](C)CO)C[C@H]2C)cc1. The van der Waals surface area contributed by atoms with Crippen molar-refractivity contribution in [3.8, 4) is 5.75 Å². The lowest BCUT2D eigenvalue weighted by Crippen LogP contribution is -2.48. The zero-order chi connectivity index (χ0) is 25.4. The number of fused-ring (bicyclic) bond motifs is 2. The standard InChI is InChI=1S/C24H36N6O5/c1-17-12-30(18(2)15-31)23(32)6-5-11-29-13-20(26-27-29)16-35-22(17)14-28(3)24(33)25-19-7-9-21(34-4)10-8-19/h7-10,13,17-18,22,31H,5-6,11-12,14-16H2,1-4H3,(H,25,33)/t17-,18-,22+/m1/s1. The number of carbonyl (C=O) groups excluding carboxylic acids is 2. The molecule has 1 aromatic heterocycles. The van der Waals surface area contributed by atoms with E-state index in [0.29, 0.717) is 49.6 Å². The number of hydrogen-bond acceptors (Lipinski definition) is 7. The predicted octanol–water partition coefficient (Wildman–Crippen LogP) is 1.98. The predicted molar refractivity (Wildman–Crippen MR) is 130 cm³/mol. The Bertz CT molecular complexity index is 966. The molecule has 2 bridgehead atoms. The molecule has 0 spiro atoms. The molecule has 0 fully saturated rings. The van der Waals surface area contributed by atoms with Gasteiger partial charge < -0.3 is 29.7 Å². The van der Waals surface area contributed by atoms with Crippen LogP contribution in [0.5, 0.6) is 5.75 Å². The lowest BCUT2D eigenvalue weighted by molar-refractivity contribution is -0.136. The smallest absolute Gasteiger partial charge is 0.321 e. The van der Waals surface area contributed by atoms with Gasteiger partial charge in [-0.05, 0) is 37.6 Å². The van der Waals surface area contributed by atoms with Gasteiger partial charge in [0, 0.05) is 44.7 Å². The number of anilines is 1. The fraction of sp³-hybridized carbons (Fsp3) is 0.583. The first kappa shape index (κ1) is 26.4. The highest BCUT2D eigenvalue weighted by atomic mass is 16.5. The minimum absolute atomic E-state index is 0.0256. The lowest BCUT2D eigenvalue weighted by Gasteiger charge is -2.35. The fourth-order valence-corrected chi connectivity index (χ4v) is 3.94. The van der Waals surface area contributed by atoms with E-state index in [1.165, 1.54) is 0 Å². The van der Waals surface area contributed by atoms with Crippen molar-refractivity contribution in [1.82, 2.24) is 24.8 Å². The molecular formula is C24H36N6O5. The largest absolute Gasteiger partial charge is 0.497 e. The first-order chi connectivity index (χ1) is 16.8. The Hall–Kier alpha value is -3.18. The van der Waals surface area contributed by atoms with Crippen molar-refractivity contribution in [2.75, 3.05) is 39.2 Å². The maximum absolute atomic E-state index is 13.0. The summed E-state index contributed by atoms with van der Waals surface area (Å²) in [6.07, 6.45) is 2.41. The van der Waals surface area contributed by atoms with Crippen molar-refractivity contribution in [1.29, 1.82) is 0 Å². The third-order valence-electron chi connectivity index (χ3n) is 6.19. The van der Waals surface area contributed by atoms with Crippen molar-refractivity contribution in [3.63, 3.8) is 0 Å². The van der Waals surface area contributed by atoms with Crippen LogP contribution in [-0.2, 0) is 22.7 Å². The van der Waals surface area contributed by atoms with E-state index in [9.17, 15) is 14.7 Å². The molecule has 0 saturated heterocycles. The quantitative estimate of drug-likeness (QED) is 0.637. The molecular weight excluding hydrogens is 452 g/mol. The van der Waals surface area contributed by atoms with Crippen LogP contribution < -0.4 is 10.1 Å². The van der Waals surface area contributed by atoms with Crippen molar-refractivity contribution in [2.45, 2.75) is 52.0 Å². The number of hydrogen-bond donors (Lipinski definition) is 2. The van der Waals surface area contributed by atoms with Crippen LogP contribution in [-0.4, -0.2) is 87.8 Å². The summed E-state index contributed by atoms with van der Waals surface area (Å²) < 4.78 is 13.1. The molecule has 0 saturated carbocycles. The third kappa shape index (κ3) is 7.40. The Morgan fingerprint density at radius 3 is 2.80 bits per heavy atom. The van der Waals surface area contributed by atoms with Gasteiger partial charge in [0.2, 0.25) is 5.91 Å². The Labute approximate surface area is 206 Å². The van der Waals surface area contributed by atoms with E-state index in [4.69, 9.17) is 9.47 Å². The van der Waals surface area contributed by atoms with Crippen LogP contribution in [0.15, 0.2) is 30.5 Å². The van der Waals surface area contributed by atoms with E-state index in [1.807, 2.05) is 20.0 Å². The second kappa shape index (κ2) is 12.5. The van der Waals surface area contributed by atoms with Crippen LogP contribution >= 0.6 is 0 Å². The van der Waals surface area contributed by atoms with Crippen molar-refractivity contribution >= 4 is 17.6 Å². The monoisotopic (exact) mass is 488 g/mol. The summed E-state index contributed by atoms with van der Waals surface area (Å²) >= 11 is 0. The summed E-state index contributed by atoms with van der Waals surface area (Å²) in [5.74, 6) is 0.568. The number of aliphatic hydroxyl groups is 1. The van der Waals surface area contributed by atoms with Crippen LogP contribution in [0.1, 0.15) is 32.4 Å². The van der Waals surface area contributed by atoms with Gasteiger partial charge in [0.15, 0.2) is 0 Å². The fourth-order valence-electron chi connectivity index (χ4n) is 3.94. The van der Waals surface area contributed by atoms with Crippen molar-refractivity contribution < 1.29 is 24.2 Å². The number of carbonyl (C=O) groups is 2. The summed E-state index contributed by atoms with van der Waals surface area (Å²) in [5.41, 5.74) is 1.34. The molecule has 2 N–H and O–H groups in total. The van der Waals surface area contributed by atoms with Crippen LogP contribution in [0, 0.1) is 5.92 Å². The number of nitrogens with zero attached hydrogens (tertiary/aromatic N) is 5. The number of urea groups is 1. The number of ether oxygens (including phenoxy) is 2. The summed E-state index contributed by atoms with van der Waals surface area (Å²) in [4.78, 5) is 29.1. The Morgan fingerprint density at radius 1 is 1.37 bits per heavy atom. The Kier molecular flexibility index (Phi) is 9.44. The first-order valence-electron chi connectivity index (χ1n) is 11.9. The normalized spacial score (nSPS) is 20.3. The zero-order valence-corrected chi connectivity index (χ0v) is 20.9. The number of likely N-dealkylation sites (N-methyl/N-ethyl adjacent to an activating group) is 1.